The third kappa shape index (κ3) is 1.50. The molecule has 0 spiro atoms. The molecule has 0 unspecified atom stereocenters. The summed E-state index contributed by atoms with van der Waals surface area (Å²) in [4.78, 5) is 6.88. The van der Waals surface area contributed by atoms with Crippen molar-refractivity contribution in [2.75, 3.05) is 0 Å². The number of benzene rings is 3. The lowest BCUT2D eigenvalue weighted by Gasteiger charge is -2.20. The quantitative estimate of drug-likeness (QED) is 0.329. The first kappa shape index (κ1) is 12.6. The average molecular weight is 325 g/mol. The first-order valence-electron chi connectivity index (χ1n) is 7.89. The highest BCUT2D eigenvalue weighted by atomic mass is 32.2. The molecule has 0 N–H and O–H groups in total. The minimum absolute atomic E-state index is 0.893. The zero-order valence-corrected chi connectivity index (χ0v) is 13.4. The molecule has 0 amide bonds. The van der Waals surface area contributed by atoms with Gasteiger partial charge in [-0.2, -0.15) is 0 Å². The maximum atomic E-state index is 6.18. The summed E-state index contributed by atoms with van der Waals surface area (Å²) < 4.78 is 6.18. The molecular weight excluding hydrogens is 314 g/mol. The molecule has 0 aliphatic carbocycles. The van der Waals surface area contributed by atoms with Crippen molar-refractivity contribution >= 4 is 44.5 Å². The van der Waals surface area contributed by atoms with E-state index in [1.54, 1.807) is 6.20 Å². The molecular formula is C21H11NOS. The second kappa shape index (κ2) is 4.40. The topological polar surface area (TPSA) is 26.0 Å². The largest absolute Gasteiger partial charge is 0.455 e. The Balaban J connectivity index is 1.91. The van der Waals surface area contributed by atoms with E-state index in [0.717, 1.165) is 21.9 Å². The summed E-state index contributed by atoms with van der Waals surface area (Å²) in [5.41, 5.74) is 4.43. The van der Waals surface area contributed by atoms with Gasteiger partial charge >= 0.3 is 0 Å². The molecule has 112 valence electrons. The third-order valence-electron chi connectivity index (χ3n) is 4.75. The molecule has 2 nitrogen and oxygen atoms in total. The Morgan fingerprint density at radius 2 is 1.71 bits per heavy atom. The van der Waals surface area contributed by atoms with Crippen molar-refractivity contribution in [2.24, 2.45) is 0 Å². The maximum absolute atomic E-state index is 6.18. The fourth-order valence-electron chi connectivity index (χ4n) is 3.71. The lowest BCUT2D eigenvalue weighted by Crippen LogP contribution is -1.92. The van der Waals surface area contributed by atoms with Gasteiger partial charge in [0.05, 0.1) is 0 Å². The van der Waals surface area contributed by atoms with Crippen molar-refractivity contribution in [3.63, 3.8) is 0 Å². The van der Waals surface area contributed by atoms with Crippen LogP contribution in [0.4, 0.5) is 0 Å². The van der Waals surface area contributed by atoms with E-state index >= 15 is 0 Å². The Kier molecular flexibility index (Phi) is 2.31. The molecule has 0 bridgehead atoms. The van der Waals surface area contributed by atoms with E-state index in [1.807, 2.05) is 24.0 Å². The van der Waals surface area contributed by atoms with Gasteiger partial charge in [-0.05, 0) is 35.4 Å². The first-order valence-corrected chi connectivity index (χ1v) is 8.71. The van der Waals surface area contributed by atoms with Crippen LogP contribution in [-0.2, 0) is 0 Å². The minimum Gasteiger partial charge on any atom is -0.455 e. The molecule has 5 aromatic rings. The van der Waals surface area contributed by atoms with E-state index in [0.29, 0.717) is 0 Å². The van der Waals surface area contributed by atoms with Gasteiger partial charge in [-0.25, -0.2) is 0 Å². The number of aromatic nitrogens is 1. The average Bonchev–Trinajstić information content (AvgIpc) is 3.01. The fourth-order valence-corrected chi connectivity index (χ4v) is 4.85. The van der Waals surface area contributed by atoms with Crippen LogP contribution in [0.1, 0.15) is 0 Å². The molecule has 1 aliphatic heterocycles. The SMILES string of the molecule is c1ccc2c(c1)Sc1cccc3c1c-2cc1c2cnccc2oc31. The van der Waals surface area contributed by atoms with Gasteiger partial charge in [0.2, 0.25) is 0 Å². The van der Waals surface area contributed by atoms with Crippen molar-refractivity contribution in [2.45, 2.75) is 9.79 Å². The summed E-state index contributed by atoms with van der Waals surface area (Å²) in [5.74, 6) is 0. The van der Waals surface area contributed by atoms with Crippen molar-refractivity contribution in [3.8, 4) is 11.1 Å². The van der Waals surface area contributed by atoms with Gasteiger partial charge < -0.3 is 4.42 Å². The molecule has 2 aromatic heterocycles. The van der Waals surface area contributed by atoms with Gasteiger partial charge in [0.15, 0.2) is 0 Å². The molecule has 0 saturated heterocycles. The Hall–Kier alpha value is -2.78. The summed E-state index contributed by atoms with van der Waals surface area (Å²) in [5, 5.41) is 4.69. The predicted octanol–water partition coefficient (Wildman–Crippen LogP) is 6.27. The van der Waals surface area contributed by atoms with E-state index in [2.05, 4.69) is 53.5 Å². The van der Waals surface area contributed by atoms with E-state index in [-0.39, 0.29) is 0 Å². The summed E-state index contributed by atoms with van der Waals surface area (Å²) in [7, 11) is 0. The van der Waals surface area contributed by atoms with Crippen LogP contribution in [0.25, 0.3) is 43.8 Å². The van der Waals surface area contributed by atoms with Gasteiger partial charge in [0.1, 0.15) is 11.2 Å². The van der Waals surface area contributed by atoms with E-state index in [9.17, 15) is 0 Å². The molecule has 3 heteroatoms. The van der Waals surface area contributed by atoms with Gasteiger partial charge in [0.25, 0.3) is 0 Å². The highest BCUT2D eigenvalue weighted by Crippen LogP contribution is 2.50. The number of hydrogen-bond donors (Lipinski definition) is 0. The molecule has 0 saturated carbocycles. The highest BCUT2D eigenvalue weighted by Gasteiger charge is 2.22. The summed E-state index contributed by atoms with van der Waals surface area (Å²) in [6.07, 6.45) is 3.68. The van der Waals surface area contributed by atoms with Crippen LogP contribution in [0.3, 0.4) is 0 Å². The number of hydrogen-bond acceptors (Lipinski definition) is 3. The molecule has 3 aromatic carbocycles. The third-order valence-corrected chi connectivity index (χ3v) is 5.89. The lowest BCUT2D eigenvalue weighted by molar-refractivity contribution is 0.672. The fraction of sp³-hybridized carbons (Fsp3) is 0. The maximum Gasteiger partial charge on any atom is 0.143 e. The molecule has 24 heavy (non-hydrogen) atoms. The van der Waals surface area contributed by atoms with Gasteiger partial charge in [0, 0.05) is 43.7 Å². The summed E-state index contributed by atoms with van der Waals surface area (Å²) >= 11 is 1.84. The van der Waals surface area contributed by atoms with Crippen molar-refractivity contribution in [1.82, 2.24) is 4.98 Å². The van der Waals surface area contributed by atoms with Crippen LogP contribution in [0.5, 0.6) is 0 Å². The van der Waals surface area contributed by atoms with E-state index in [1.165, 1.54) is 31.7 Å². The normalized spacial score (nSPS) is 12.8. The standard InChI is InChI=1S/C21H11NOS/c1-2-6-18-12(4-1)14-10-15-16-11-22-9-8-17(16)23-21(15)13-5-3-7-19(24-18)20(13)14/h1-11H. The smallest absolute Gasteiger partial charge is 0.143 e. The van der Waals surface area contributed by atoms with Gasteiger partial charge in [-0.3, -0.25) is 4.98 Å². The van der Waals surface area contributed by atoms with Gasteiger partial charge in [-0.15, -0.1) is 0 Å². The van der Waals surface area contributed by atoms with Crippen LogP contribution in [-0.4, -0.2) is 4.98 Å². The monoisotopic (exact) mass is 325 g/mol. The number of furan rings is 1. The van der Waals surface area contributed by atoms with E-state index < -0.39 is 0 Å². The van der Waals surface area contributed by atoms with Crippen molar-refractivity contribution in [3.05, 3.63) is 67.0 Å². The van der Waals surface area contributed by atoms with E-state index in [4.69, 9.17) is 4.42 Å². The van der Waals surface area contributed by atoms with Crippen LogP contribution >= 0.6 is 11.8 Å². The van der Waals surface area contributed by atoms with Gasteiger partial charge in [-0.1, -0.05) is 42.1 Å². The number of pyridine rings is 1. The second-order valence-electron chi connectivity index (χ2n) is 6.05. The molecule has 0 atom stereocenters. The zero-order chi connectivity index (χ0) is 15.7. The summed E-state index contributed by atoms with van der Waals surface area (Å²) in [6.45, 7) is 0. The Morgan fingerprint density at radius 1 is 0.792 bits per heavy atom. The van der Waals surface area contributed by atoms with Crippen LogP contribution in [0, 0.1) is 0 Å². The summed E-state index contributed by atoms with van der Waals surface area (Å²) in [6, 6.07) is 19.3. The first-order chi connectivity index (χ1) is 11.9. The number of nitrogens with zero attached hydrogens (tertiary/aromatic N) is 1. The minimum atomic E-state index is 0.893. The highest BCUT2D eigenvalue weighted by molar-refractivity contribution is 7.99. The molecule has 1 aliphatic rings. The number of fused-ring (bicyclic) bond motifs is 6. The Morgan fingerprint density at radius 3 is 2.71 bits per heavy atom. The van der Waals surface area contributed by atoms with Crippen molar-refractivity contribution < 1.29 is 4.42 Å². The van der Waals surface area contributed by atoms with Crippen molar-refractivity contribution in [1.29, 1.82) is 0 Å². The zero-order valence-electron chi connectivity index (χ0n) is 12.6. The van der Waals surface area contributed by atoms with Crippen LogP contribution < -0.4 is 0 Å². The Labute approximate surface area is 142 Å². The molecule has 0 fully saturated rings. The predicted molar refractivity (Wildman–Crippen MR) is 98.6 cm³/mol. The van der Waals surface area contributed by atoms with Crippen LogP contribution in [0.2, 0.25) is 0 Å². The second-order valence-corrected chi connectivity index (χ2v) is 7.14. The Bertz CT molecular complexity index is 1290. The molecule has 6 rings (SSSR count). The molecule has 3 heterocycles. The lowest BCUT2D eigenvalue weighted by atomic mass is 9.95. The number of rotatable bonds is 0. The molecule has 0 radical (unpaired) electrons. The van der Waals surface area contributed by atoms with Crippen LogP contribution in [0.15, 0.2) is 81.2 Å².